The third-order valence-corrected chi connectivity index (χ3v) is 7.70. The average Bonchev–Trinajstić information content (AvgIpc) is 3.08. The summed E-state index contributed by atoms with van der Waals surface area (Å²) in [6.07, 6.45) is 0. The minimum absolute atomic E-state index is 0.196. The van der Waals surface area contributed by atoms with Crippen molar-refractivity contribution in [3.63, 3.8) is 0 Å². The van der Waals surface area contributed by atoms with Crippen LogP contribution in [0.1, 0.15) is 17.3 Å². The maximum absolute atomic E-state index is 12.7. The SMILES string of the molecule is CC(=O)Nc1cccc(C(=O)N2CCN(S(=O)(=O)c3ccc(Cl)s3)CC2)c1. The lowest BCUT2D eigenvalue weighted by molar-refractivity contribution is -0.114. The van der Waals surface area contributed by atoms with Crippen LogP contribution in [0.3, 0.4) is 0 Å². The van der Waals surface area contributed by atoms with Crippen LogP contribution in [0.15, 0.2) is 40.6 Å². The van der Waals surface area contributed by atoms with Crippen LogP contribution < -0.4 is 5.32 Å². The molecule has 1 saturated heterocycles. The Labute approximate surface area is 166 Å². The number of nitrogens with one attached hydrogen (secondary N) is 1. The summed E-state index contributed by atoms with van der Waals surface area (Å²) in [6, 6.07) is 9.73. The van der Waals surface area contributed by atoms with Crippen molar-refractivity contribution >= 4 is 50.5 Å². The molecule has 0 saturated carbocycles. The number of thiophene rings is 1. The van der Waals surface area contributed by atoms with Gasteiger partial charge in [-0.2, -0.15) is 4.31 Å². The molecule has 1 N–H and O–H groups in total. The van der Waals surface area contributed by atoms with E-state index < -0.39 is 10.0 Å². The highest BCUT2D eigenvalue weighted by molar-refractivity contribution is 7.91. The predicted octanol–water partition coefficient (Wildman–Crippen LogP) is 2.51. The second-order valence-corrected chi connectivity index (χ2v) is 9.90. The van der Waals surface area contributed by atoms with Gasteiger partial charge < -0.3 is 10.2 Å². The Morgan fingerprint density at radius 2 is 1.81 bits per heavy atom. The Balaban J connectivity index is 1.67. The lowest BCUT2D eigenvalue weighted by Gasteiger charge is -2.33. The number of carbonyl (C=O) groups excluding carboxylic acids is 2. The van der Waals surface area contributed by atoms with Crippen LogP contribution in [0.4, 0.5) is 5.69 Å². The molecular weight excluding hydrogens is 410 g/mol. The van der Waals surface area contributed by atoms with Gasteiger partial charge in [-0.25, -0.2) is 8.42 Å². The van der Waals surface area contributed by atoms with Crippen molar-refractivity contribution in [3.05, 3.63) is 46.3 Å². The first kappa shape index (κ1) is 19.8. The van der Waals surface area contributed by atoms with Crippen LogP contribution in [0.5, 0.6) is 0 Å². The van der Waals surface area contributed by atoms with Crippen LogP contribution in [0.25, 0.3) is 0 Å². The molecule has 2 heterocycles. The molecule has 1 aromatic carbocycles. The second kappa shape index (κ2) is 7.97. The highest BCUT2D eigenvalue weighted by Gasteiger charge is 2.31. The number of hydrogen-bond acceptors (Lipinski definition) is 5. The number of piperazine rings is 1. The van der Waals surface area contributed by atoms with E-state index in [0.717, 1.165) is 11.3 Å². The van der Waals surface area contributed by atoms with Gasteiger partial charge in [-0.05, 0) is 30.3 Å². The lowest BCUT2D eigenvalue weighted by Crippen LogP contribution is -2.50. The fraction of sp³-hybridized carbons (Fsp3) is 0.294. The largest absolute Gasteiger partial charge is 0.336 e. The number of sulfonamides is 1. The molecule has 1 fully saturated rings. The second-order valence-electron chi connectivity index (χ2n) is 6.02. The third-order valence-electron chi connectivity index (χ3n) is 4.10. The zero-order chi connectivity index (χ0) is 19.6. The number of halogens is 1. The minimum Gasteiger partial charge on any atom is -0.336 e. The maximum Gasteiger partial charge on any atom is 0.254 e. The topological polar surface area (TPSA) is 86.8 Å². The van der Waals surface area contributed by atoms with E-state index in [9.17, 15) is 18.0 Å². The first-order chi connectivity index (χ1) is 12.8. The van der Waals surface area contributed by atoms with Gasteiger partial charge in [0.05, 0.1) is 4.34 Å². The smallest absolute Gasteiger partial charge is 0.254 e. The summed E-state index contributed by atoms with van der Waals surface area (Å²) in [5, 5.41) is 2.64. The Bertz CT molecular complexity index is 966. The predicted molar refractivity (Wildman–Crippen MR) is 105 cm³/mol. The van der Waals surface area contributed by atoms with Gasteiger partial charge in [-0.1, -0.05) is 17.7 Å². The van der Waals surface area contributed by atoms with Crippen molar-refractivity contribution < 1.29 is 18.0 Å². The van der Waals surface area contributed by atoms with Gasteiger partial charge in [-0.3, -0.25) is 9.59 Å². The zero-order valence-electron chi connectivity index (χ0n) is 14.5. The summed E-state index contributed by atoms with van der Waals surface area (Å²) in [5.74, 6) is -0.412. The fourth-order valence-corrected chi connectivity index (χ4v) is 5.87. The third kappa shape index (κ3) is 4.49. The molecule has 1 aliphatic rings. The number of benzene rings is 1. The molecule has 27 heavy (non-hydrogen) atoms. The van der Waals surface area contributed by atoms with Crippen molar-refractivity contribution in [1.82, 2.24) is 9.21 Å². The molecule has 0 aliphatic carbocycles. The summed E-state index contributed by atoms with van der Waals surface area (Å²) in [6.45, 7) is 2.42. The molecule has 10 heteroatoms. The molecular formula is C17H18ClN3O4S2. The summed E-state index contributed by atoms with van der Waals surface area (Å²) < 4.78 is 27.2. The first-order valence-corrected chi connectivity index (χ1v) is 10.8. The van der Waals surface area contributed by atoms with Crippen molar-refractivity contribution in [2.75, 3.05) is 31.5 Å². The lowest BCUT2D eigenvalue weighted by atomic mass is 10.1. The number of rotatable bonds is 4. The van der Waals surface area contributed by atoms with Gasteiger partial charge in [0.25, 0.3) is 15.9 Å². The molecule has 0 radical (unpaired) electrons. The van der Waals surface area contributed by atoms with Crippen molar-refractivity contribution in [2.24, 2.45) is 0 Å². The Morgan fingerprint density at radius 3 is 2.41 bits per heavy atom. The summed E-state index contributed by atoms with van der Waals surface area (Å²) in [4.78, 5) is 25.5. The quantitative estimate of drug-likeness (QED) is 0.812. The van der Waals surface area contributed by atoms with E-state index in [2.05, 4.69) is 5.32 Å². The van der Waals surface area contributed by atoms with Crippen molar-refractivity contribution in [3.8, 4) is 0 Å². The van der Waals surface area contributed by atoms with Crippen LogP contribution in [0.2, 0.25) is 4.34 Å². The van der Waals surface area contributed by atoms with Crippen LogP contribution >= 0.6 is 22.9 Å². The number of hydrogen-bond donors (Lipinski definition) is 1. The Kier molecular flexibility index (Phi) is 5.85. The molecule has 0 atom stereocenters. The van der Waals surface area contributed by atoms with E-state index >= 15 is 0 Å². The van der Waals surface area contributed by atoms with Crippen molar-refractivity contribution in [2.45, 2.75) is 11.1 Å². The van der Waals surface area contributed by atoms with Gasteiger partial charge in [0.15, 0.2) is 0 Å². The van der Waals surface area contributed by atoms with E-state index in [1.807, 2.05) is 0 Å². The Hall–Kier alpha value is -1.94. The highest BCUT2D eigenvalue weighted by Crippen LogP contribution is 2.28. The molecule has 3 rings (SSSR count). The van der Waals surface area contributed by atoms with Crippen LogP contribution in [-0.2, 0) is 14.8 Å². The summed E-state index contributed by atoms with van der Waals surface area (Å²) in [5.41, 5.74) is 0.992. The van der Waals surface area contributed by atoms with Crippen molar-refractivity contribution in [1.29, 1.82) is 0 Å². The molecule has 0 spiro atoms. The molecule has 144 valence electrons. The number of carbonyl (C=O) groups is 2. The molecule has 2 aromatic rings. The van der Waals surface area contributed by atoms with Gasteiger partial charge in [0.1, 0.15) is 4.21 Å². The Morgan fingerprint density at radius 1 is 1.11 bits per heavy atom. The van der Waals surface area contributed by atoms with Crippen LogP contribution in [-0.4, -0.2) is 55.6 Å². The number of anilines is 1. The van der Waals surface area contributed by atoms with Gasteiger partial charge in [0.2, 0.25) is 5.91 Å². The molecule has 7 nitrogen and oxygen atoms in total. The van der Waals surface area contributed by atoms with E-state index in [4.69, 9.17) is 11.6 Å². The van der Waals surface area contributed by atoms with Gasteiger partial charge in [-0.15, -0.1) is 11.3 Å². The number of nitrogens with zero attached hydrogens (tertiary/aromatic N) is 2. The molecule has 2 amide bonds. The normalized spacial score (nSPS) is 15.6. The highest BCUT2D eigenvalue weighted by atomic mass is 35.5. The standard InChI is InChI=1S/C17H18ClN3O4S2/c1-12(22)19-14-4-2-3-13(11-14)17(23)20-7-9-21(10-8-20)27(24,25)16-6-5-15(18)26-16/h2-6,11H,7-10H2,1H3,(H,19,22). The number of amides is 2. The summed E-state index contributed by atoms with van der Waals surface area (Å²) in [7, 11) is -3.59. The zero-order valence-corrected chi connectivity index (χ0v) is 16.9. The van der Waals surface area contributed by atoms with E-state index in [1.54, 1.807) is 35.2 Å². The fourth-order valence-electron chi connectivity index (χ4n) is 2.81. The van der Waals surface area contributed by atoms with Gasteiger partial charge in [0, 0.05) is 44.4 Å². The van der Waals surface area contributed by atoms with Crippen LogP contribution in [0, 0.1) is 0 Å². The van der Waals surface area contributed by atoms with E-state index in [0.29, 0.717) is 28.7 Å². The first-order valence-electron chi connectivity index (χ1n) is 8.20. The summed E-state index contributed by atoms with van der Waals surface area (Å²) >= 11 is 6.86. The van der Waals surface area contributed by atoms with Gasteiger partial charge >= 0.3 is 0 Å². The molecule has 1 aliphatic heterocycles. The minimum atomic E-state index is -3.59. The molecule has 1 aromatic heterocycles. The van der Waals surface area contributed by atoms with E-state index in [1.165, 1.54) is 17.3 Å². The monoisotopic (exact) mass is 427 g/mol. The maximum atomic E-state index is 12.7. The molecule has 0 bridgehead atoms. The average molecular weight is 428 g/mol. The molecule has 0 unspecified atom stereocenters. The van der Waals surface area contributed by atoms with E-state index in [-0.39, 0.29) is 29.1 Å².